The molecule has 1 aromatic heterocycles. The summed E-state index contributed by atoms with van der Waals surface area (Å²) in [5, 5.41) is 2.97. The lowest BCUT2D eigenvalue weighted by Crippen LogP contribution is -2.25. The van der Waals surface area contributed by atoms with Gasteiger partial charge < -0.3 is 14.6 Å². The third kappa shape index (κ3) is 5.67. The van der Waals surface area contributed by atoms with Gasteiger partial charge in [-0.15, -0.1) is 11.8 Å². The molecule has 1 N–H and O–H groups in total. The van der Waals surface area contributed by atoms with Crippen molar-refractivity contribution in [3.05, 3.63) is 83.8 Å². The average molecular weight is 395 g/mol. The second-order valence-electron chi connectivity index (χ2n) is 6.80. The molecule has 3 rings (SSSR count). The molecule has 4 nitrogen and oxygen atoms in total. The van der Waals surface area contributed by atoms with E-state index in [4.69, 9.17) is 4.42 Å². The molecule has 0 spiro atoms. The summed E-state index contributed by atoms with van der Waals surface area (Å²) < 4.78 is 5.44. The number of carbonyl (C=O) groups excluding carboxylic acids is 1. The van der Waals surface area contributed by atoms with Gasteiger partial charge >= 0.3 is 0 Å². The highest BCUT2D eigenvalue weighted by Gasteiger charge is 2.15. The van der Waals surface area contributed by atoms with Crippen LogP contribution in [0.4, 0.5) is 5.69 Å². The molecule has 0 aliphatic rings. The Balaban J connectivity index is 1.44. The smallest absolute Gasteiger partial charge is 0.287 e. The number of hydrogen-bond acceptors (Lipinski definition) is 4. The maximum Gasteiger partial charge on any atom is 0.287 e. The molecular weight excluding hydrogens is 368 g/mol. The van der Waals surface area contributed by atoms with Crippen molar-refractivity contribution in [3.63, 3.8) is 0 Å². The van der Waals surface area contributed by atoms with Gasteiger partial charge in [0.2, 0.25) is 0 Å². The number of furan rings is 1. The van der Waals surface area contributed by atoms with Gasteiger partial charge in [-0.2, -0.15) is 0 Å². The predicted octanol–water partition coefficient (Wildman–Crippen LogP) is 5.00. The number of aryl methyl sites for hydroxylation is 1. The number of anilines is 1. The van der Waals surface area contributed by atoms with Gasteiger partial charge in [-0.05, 0) is 48.7 Å². The lowest BCUT2D eigenvalue weighted by molar-refractivity contribution is 0.0924. The summed E-state index contributed by atoms with van der Waals surface area (Å²) in [6.07, 6.45) is 3.41. The normalized spacial score (nSPS) is 10.6. The SMILES string of the molecule is CN(C)c1ccc(CCCNC(=O)c2occc2CSc2ccccc2)cc1. The van der Waals surface area contributed by atoms with Gasteiger partial charge in [0.15, 0.2) is 5.76 Å². The molecule has 0 aliphatic heterocycles. The van der Waals surface area contributed by atoms with Crippen molar-refractivity contribution < 1.29 is 9.21 Å². The topological polar surface area (TPSA) is 45.5 Å². The number of nitrogens with zero attached hydrogens (tertiary/aromatic N) is 1. The van der Waals surface area contributed by atoms with Crippen LogP contribution in [-0.2, 0) is 12.2 Å². The van der Waals surface area contributed by atoms with Gasteiger partial charge in [0, 0.05) is 42.5 Å². The highest BCUT2D eigenvalue weighted by Crippen LogP contribution is 2.24. The first-order chi connectivity index (χ1) is 13.6. The fourth-order valence-corrected chi connectivity index (χ4v) is 3.76. The van der Waals surface area contributed by atoms with Crippen LogP contribution < -0.4 is 10.2 Å². The van der Waals surface area contributed by atoms with Gasteiger partial charge in [-0.1, -0.05) is 30.3 Å². The number of nitrogens with one attached hydrogen (secondary N) is 1. The summed E-state index contributed by atoms with van der Waals surface area (Å²) in [5.74, 6) is 0.983. The van der Waals surface area contributed by atoms with Crippen molar-refractivity contribution in [1.82, 2.24) is 5.32 Å². The van der Waals surface area contributed by atoms with Crippen molar-refractivity contribution in [3.8, 4) is 0 Å². The third-order valence-corrected chi connectivity index (χ3v) is 5.53. The molecule has 0 bridgehead atoms. The Kier molecular flexibility index (Phi) is 7.20. The Bertz CT molecular complexity index is 873. The van der Waals surface area contributed by atoms with E-state index in [1.165, 1.54) is 16.1 Å². The molecule has 3 aromatic rings. The summed E-state index contributed by atoms with van der Waals surface area (Å²) in [6.45, 7) is 0.625. The van der Waals surface area contributed by atoms with Gasteiger partial charge in [0.05, 0.1) is 6.26 Å². The molecule has 146 valence electrons. The van der Waals surface area contributed by atoms with Crippen LogP contribution in [0.1, 0.15) is 28.1 Å². The van der Waals surface area contributed by atoms with Gasteiger partial charge in [0.1, 0.15) is 0 Å². The lowest BCUT2D eigenvalue weighted by Gasteiger charge is -2.12. The quantitative estimate of drug-likeness (QED) is 0.410. The zero-order chi connectivity index (χ0) is 19.8. The first-order valence-electron chi connectivity index (χ1n) is 9.42. The number of rotatable bonds is 9. The summed E-state index contributed by atoms with van der Waals surface area (Å²) in [7, 11) is 4.07. The zero-order valence-corrected chi connectivity index (χ0v) is 17.2. The van der Waals surface area contributed by atoms with Crippen molar-refractivity contribution in [2.75, 3.05) is 25.5 Å². The van der Waals surface area contributed by atoms with Gasteiger partial charge in [-0.3, -0.25) is 4.79 Å². The van der Waals surface area contributed by atoms with Crippen LogP contribution in [0.2, 0.25) is 0 Å². The Hall–Kier alpha value is -2.66. The number of hydrogen-bond donors (Lipinski definition) is 1. The monoisotopic (exact) mass is 394 g/mol. The fraction of sp³-hybridized carbons (Fsp3) is 0.261. The van der Waals surface area contributed by atoms with Crippen LogP contribution in [0.5, 0.6) is 0 Å². The fourth-order valence-electron chi connectivity index (χ4n) is 2.86. The molecule has 2 aromatic carbocycles. The average Bonchev–Trinajstić information content (AvgIpc) is 3.19. The third-order valence-electron chi connectivity index (χ3n) is 4.47. The zero-order valence-electron chi connectivity index (χ0n) is 16.4. The largest absolute Gasteiger partial charge is 0.459 e. The molecule has 0 atom stereocenters. The molecule has 1 heterocycles. The molecule has 0 saturated carbocycles. The van der Waals surface area contributed by atoms with Crippen molar-refractivity contribution in [1.29, 1.82) is 0 Å². The minimum Gasteiger partial charge on any atom is -0.459 e. The molecule has 0 fully saturated rings. The summed E-state index contributed by atoms with van der Waals surface area (Å²) in [4.78, 5) is 15.7. The van der Waals surface area contributed by atoms with E-state index in [-0.39, 0.29) is 5.91 Å². The van der Waals surface area contributed by atoms with Crippen LogP contribution in [0.25, 0.3) is 0 Å². The molecule has 28 heavy (non-hydrogen) atoms. The number of thioether (sulfide) groups is 1. The van der Waals surface area contributed by atoms with Crippen molar-refractivity contribution >= 4 is 23.4 Å². The molecule has 0 radical (unpaired) electrons. The van der Waals surface area contributed by atoms with Crippen LogP contribution in [-0.4, -0.2) is 26.5 Å². The Morgan fingerprint density at radius 2 is 1.79 bits per heavy atom. The van der Waals surface area contributed by atoms with Crippen LogP contribution in [0, 0.1) is 0 Å². The van der Waals surface area contributed by atoms with E-state index in [0.29, 0.717) is 18.1 Å². The van der Waals surface area contributed by atoms with E-state index in [1.807, 2.05) is 38.4 Å². The number of benzene rings is 2. The second kappa shape index (κ2) is 10.0. The van der Waals surface area contributed by atoms with Crippen molar-refractivity contribution in [2.24, 2.45) is 0 Å². The Labute approximate surface area is 170 Å². The van der Waals surface area contributed by atoms with Crippen LogP contribution in [0.3, 0.4) is 0 Å². The highest BCUT2D eigenvalue weighted by molar-refractivity contribution is 7.98. The standard InChI is InChI=1S/C23H26N2O2S/c1-25(2)20-12-10-18(11-13-20)7-6-15-24-23(26)22-19(14-16-27-22)17-28-21-8-4-3-5-9-21/h3-5,8-14,16H,6-7,15,17H2,1-2H3,(H,24,26). The van der Waals surface area contributed by atoms with Crippen molar-refractivity contribution in [2.45, 2.75) is 23.5 Å². The second-order valence-corrected chi connectivity index (χ2v) is 7.85. The molecular formula is C23H26N2O2S. The Morgan fingerprint density at radius 1 is 1.04 bits per heavy atom. The number of carbonyl (C=O) groups is 1. The van der Waals surface area contributed by atoms with E-state index in [0.717, 1.165) is 18.4 Å². The molecule has 0 aliphatic carbocycles. The van der Waals surface area contributed by atoms with Gasteiger partial charge in [0.25, 0.3) is 5.91 Å². The maximum atomic E-state index is 12.4. The van der Waals surface area contributed by atoms with Crippen LogP contribution in [0.15, 0.2) is 76.2 Å². The summed E-state index contributed by atoms with van der Waals surface area (Å²) in [5.41, 5.74) is 3.39. The van der Waals surface area contributed by atoms with E-state index >= 15 is 0 Å². The molecule has 0 unspecified atom stereocenters. The van der Waals surface area contributed by atoms with E-state index in [1.54, 1.807) is 18.0 Å². The minimum absolute atomic E-state index is 0.142. The lowest BCUT2D eigenvalue weighted by atomic mass is 10.1. The minimum atomic E-state index is -0.142. The predicted molar refractivity (Wildman–Crippen MR) is 116 cm³/mol. The molecule has 1 amide bonds. The van der Waals surface area contributed by atoms with Gasteiger partial charge in [-0.25, -0.2) is 0 Å². The first kappa shape index (κ1) is 20.1. The molecule has 0 saturated heterocycles. The first-order valence-corrected chi connectivity index (χ1v) is 10.4. The Morgan fingerprint density at radius 3 is 2.50 bits per heavy atom. The number of amides is 1. The molecule has 5 heteroatoms. The van der Waals surface area contributed by atoms with Crippen LogP contribution >= 0.6 is 11.8 Å². The highest BCUT2D eigenvalue weighted by atomic mass is 32.2. The van der Waals surface area contributed by atoms with E-state index < -0.39 is 0 Å². The maximum absolute atomic E-state index is 12.4. The summed E-state index contributed by atoms with van der Waals surface area (Å²) in [6, 6.07) is 20.5. The van der Waals surface area contributed by atoms with E-state index in [2.05, 4.69) is 46.6 Å². The summed E-state index contributed by atoms with van der Waals surface area (Å²) >= 11 is 1.69. The van der Waals surface area contributed by atoms with E-state index in [9.17, 15) is 4.79 Å².